The zero-order chi connectivity index (χ0) is 49.8. The van der Waals surface area contributed by atoms with E-state index in [0.29, 0.717) is 17.6 Å². The van der Waals surface area contributed by atoms with Crippen molar-refractivity contribution in [3.63, 3.8) is 0 Å². The van der Waals surface area contributed by atoms with Crippen LogP contribution in [0.25, 0.3) is 161 Å². The minimum atomic E-state index is 0.486. The van der Waals surface area contributed by atoms with E-state index in [0.717, 1.165) is 143 Å². The van der Waals surface area contributed by atoms with Crippen molar-refractivity contribution < 1.29 is 13.3 Å². The van der Waals surface area contributed by atoms with Gasteiger partial charge in [-0.3, -0.25) is 4.57 Å². The molecule has 0 fully saturated rings. The highest BCUT2D eigenvalue weighted by Gasteiger charge is 2.24. The Morgan fingerprint density at radius 1 is 0.263 bits per heavy atom. The number of benzene rings is 11. The number of hydrogen-bond acceptors (Lipinski definition) is 6. The Morgan fingerprint density at radius 2 is 0.750 bits per heavy atom. The minimum absolute atomic E-state index is 0.486. The molecule has 5 heterocycles. The molecular weight excluding hydrogens is 933 g/mol. The summed E-state index contributed by atoms with van der Waals surface area (Å²) in [5.41, 5.74) is 16.9. The molecule has 0 atom stereocenters. The Hall–Kier alpha value is -10.4. The lowest BCUT2D eigenvalue weighted by Gasteiger charge is -2.15. The molecule has 76 heavy (non-hydrogen) atoms. The Bertz CT molecular complexity index is 5010. The van der Waals surface area contributed by atoms with Crippen molar-refractivity contribution in [3.05, 3.63) is 243 Å². The summed E-state index contributed by atoms with van der Waals surface area (Å²) in [4.78, 5) is 16.1. The first-order chi connectivity index (χ1) is 37.6. The molecule has 354 valence electrons. The summed E-state index contributed by atoms with van der Waals surface area (Å²) in [6.45, 7) is 0. The van der Waals surface area contributed by atoms with Gasteiger partial charge in [-0.2, -0.15) is 9.97 Å². The van der Waals surface area contributed by atoms with Crippen LogP contribution in [0.4, 0.5) is 0 Å². The molecule has 16 aromatic rings. The Morgan fingerprint density at radius 3 is 1.42 bits per heavy atom. The third-order valence-corrected chi connectivity index (χ3v) is 15.1. The van der Waals surface area contributed by atoms with E-state index in [-0.39, 0.29) is 0 Å². The number of aromatic nitrogens is 4. The van der Waals surface area contributed by atoms with E-state index in [1.165, 1.54) is 0 Å². The van der Waals surface area contributed by atoms with Gasteiger partial charge in [0.05, 0.1) is 11.0 Å². The normalized spacial score (nSPS) is 11.9. The van der Waals surface area contributed by atoms with Gasteiger partial charge in [-0.15, -0.1) is 0 Å². The fourth-order valence-corrected chi connectivity index (χ4v) is 11.5. The highest BCUT2D eigenvalue weighted by atomic mass is 16.3. The van der Waals surface area contributed by atoms with E-state index in [1.54, 1.807) is 0 Å². The summed E-state index contributed by atoms with van der Waals surface area (Å²) in [5.74, 6) is 1.57. The van der Waals surface area contributed by atoms with Crippen molar-refractivity contribution in [1.29, 1.82) is 0 Å². The molecule has 16 rings (SSSR count). The lowest BCUT2D eigenvalue weighted by molar-refractivity contribution is 0.669. The number of nitrogens with zero attached hydrogens (tertiary/aromatic N) is 4. The number of furan rings is 3. The molecule has 7 heteroatoms. The second kappa shape index (κ2) is 16.6. The SMILES string of the molecule is c1ccc(-c2cc(-c3cccc4c3oc3ccccc34)cc(-c3cccc4c5cc(-c6cccc7c6oc6ccccc67)ccc5n(-c5nc(-c6ccccc6)nc(-c6ccc7c(c6)oc6ccccc67)n5)c34)c2)cc1. The molecule has 0 unspecified atom stereocenters. The molecule has 0 bridgehead atoms. The van der Waals surface area contributed by atoms with Crippen molar-refractivity contribution in [2.24, 2.45) is 0 Å². The maximum Gasteiger partial charge on any atom is 0.238 e. The molecule has 0 spiro atoms. The van der Waals surface area contributed by atoms with Crippen molar-refractivity contribution in [1.82, 2.24) is 19.5 Å². The smallest absolute Gasteiger partial charge is 0.238 e. The second-order valence-electron chi connectivity index (χ2n) is 19.5. The van der Waals surface area contributed by atoms with Gasteiger partial charge in [0.1, 0.15) is 33.5 Å². The molecule has 0 aliphatic heterocycles. The van der Waals surface area contributed by atoms with Gasteiger partial charge in [0.15, 0.2) is 11.6 Å². The molecule has 0 aliphatic carbocycles. The Balaban J connectivity index is 0.986. The third-order valence-electron chi connectivity index (χ3n) is 15.1. The van der Waals surface area contributed by atoms with Crippen LogP contribution in [-0.4, -0.2) is 19.5 Å². The van der Waals surface area contributed by atoms with Gasteiger partial charge < -0.3 is 13.3 Å². The van der Waals surface area contributed by atoms with Crippen molar-refractivity contribution in [2.75, 3.05) is 0 Å². The lowest BCUT2D eigenvalue weighted by Crippen LogP contribution is -2.07. The summed E-state index contributed by atoms with van der Waals surface area (Å²) >= 11 is 0. The molecule has 11 aromatic carbocycles. The van der Waals surface area contributed by atoms with E-state index >= 15 is 0 Å². The highest BCUT2D eigenvalue weighted by molar-refractivity contribution is 6.17. The first-order valence-electron chi connectivity index (χ1n) is 25.5. The molecule has 0 saturated heterocycles. The Kier molecular flexibility index (Phi) is 9.20. The molecular formula is C69H40N4O3. The van der Waals surface area contributed by atoms with Gasteiger partial charge in [0, 0.05) is 70.9 Å². The zero-order valence-corrected chi connectivity index (χ0v) is 40.6. The molecule has 0 saturated carbocycles. The Labute approximate surface area is 434 Å². The molecule has 0 amide bonds. The summed E-state index contributed by atoms with van der Waals surface area (Å²) in [6, 6.07) is 84.7. The summed E-state index contributed by atoms with van der Waals surface area (Å²) in [5, 5.41) is 8.53. The number of fused-ring (bicyclic) bond motifs is 12. The second-order valence-corrected chi connectivity index (χ2v) is 19.5. The van der Waals surface area contributed by atoms with Crippen LogP contribution in [0.3, 0.4) is 0 Å². The minimum Gasteiger partial charge on any atom is -0.456 e. The fourth-order valence-electron chi connectivity index (χ4n) is 11.5. The van der Waals surface area contributed by atoms with Crippen LogP contribution in [0.2, 0.25) is 0 Å². The summed E-state index contributed by atoms with van der Waals surface area (Å²) in [7, 11) is 0. The van der Waals surface area contributed by atoms with Gasteiger partial charge in [-0.05, 0) is 88.5 Å². The largest absolute Gasteiger partial charge is 0.456 e. The van der Waals surface area contributed by atoms with E-state index in [1.807, 2.05) is 78.9 Å². The van der Waals surface area contributed by atoms with Crippen LogP contribution in [0.1, 0.15) is 0 Å². The highest BCUT2D eigenvalue weighted by Crippen LogP contribution is 2.45. The van der Waals surface area contributed by atoms with Gasteiger partial charge in [-0.1, -0.05) is 182 Å². The van der Waals surface area contributed by atoms with E-state index < -0.39 is 0 Å². The van der Waals surface area contributed by atoms with Crippen LogP contribution in [0, 0.1) is 0 Å². The van der Waals surface area contributed by atoms with E-state index in [2.05, 4.69) is 168 Å². The predicted molar refractivity (Wildman–Crippen MR) is 309 cm³/mol. The third kappa shape index (κ3) is 6.59. The first kappa shape index (κ1) is 42.2. The van der Waals surface area contributed by atoms with Gasteiger partial charge in [0.25, 0.3) is 0 Å². The number of hydrogen-bond donors (Lipinski definition) is 0. The molecule has 0 N–H and O–H groups in total. The van der Waals surface area contributed by atoms with Crippen molar-refractivity contribution in [3.8, 4) is 73.2 Å². The van der Waals surface area contributed by atoms with Crippen LogP contribution >= 0.6 is 0 Å². The van der Waals surface area contributed by atoms with Gasteiger partial charge in [-0.25, -0.2) is 4.98 Å². The van der Waals surface area contributed by atoms with E-state index in [4.69, 9.17) is 28.2 Å². The topological polar surface area (TPSA) is 83.0 Å². The molecule has 0 radical (unpaired) electrons. The standard InChI is InChI=1S/C69H40N4O3/c1-3-16-41(17-4-1)45-36-46(38-47(37-45)50-25-15-28-57-53-22-9-12-31-62(53)76-66(50)57)48-23-13-26-55-58-39-43(49-24-14-27-56-52-21-8-11-30-61(52)75-65(49)56)33-35-59(58)73(64(48)55)69-71-67(42-18-5-2-6-19-42)70-68(72-69)44-32-34-54-51-20-7-10-29-60(51)74-63(54)40-44/h1-40H. The molecule has 7 nitrogen and oxygen atoms in total. The monoisotopic (exact) mass is 972 g/mol. The van der Waals surface area contributed by atoms with Crippen LogP contribution in [0.5, 0.6) is 0 Å². The predicted octanol–water partition coefficient (Wildman–Crippen LogP) is 18.7. The fraction of sp³-hybridized carbons (Fsp3) is 0. The average Bonchev–Trinajstić information content (AvgIpc) is 4.33. The first-order valence-corrected chi connectivity index (χ1v) is 25.5. The van der Waals surface area contributed by atoms with Crippen molar-refractivity contribution in [2.45, 2.75) is 0 Å². The maximum absolute atomic E-state index is 6.70. The average molecular weight is 973 g/mol. The molecule has 5 aromatic heterocycles. The van der Waals surface area contributed by atoms with Gasteiger partial charge >= 0.3 is 0 Å². The van der Waals surface area contributed by atoms with Crippen molar-refractivity contribution >= 4 is 87.6 Å². The van der Waals surface area contributed by atoms with E-state index in [9.17, 15) is 0 Å². The summed E-state index contributed by atoms with van der Waals surface area (Å²) in [6.07, 6.45) is 0. The van der Waals surface area contributed by atoms with Crippen LogP contribution in [-0.2, 0) is 0 Å². The maximum atomic E-state index is 6.70. The quantitative estimate of drug-likeness (QED) is 0.158. The van der Waals surface area contributed by atoms with Gasteiger partial charge in [0.2, 0.25) is 5.95 Å². The lowest BCUT2D eigenvalue weighted by atomic mass is 9.92. The molecule has 0 aliphatic rings. The number of rotatable bonds is 7. The zero-order valence-electron chi connectivity index (χ0n) is 40.6. The summed E-state index contributed by atoms with van der Waals surface area (Å²) < 4.78 is 22.0. The number of para-hydroxylation sites is 6. The van der Waals surface area contributed by atoms with Crippen LogP contribution in [0.15, 0.2) is 256 Å². The van der Waals surface area contributed by atoms with Crippen LogP contribution < -0.4 is 0 Å².